The van der Waals surface area contributed by atoms with Crippen LogP contribution < -0.4 is 0 Å². The van der Waals surface area contributed by atoms with Gasteiger partial charge in [-0.2, -0.15) is 0 Å². The number of carboxylic acid groups (broad SMARTS) is 1. The van der Waals surface area contributed by atoms with E-state index in [-0.39, 0.29) is 17.4 Å². The second kappa shape index (κ2) is 11.4. The molecule has 0 amide bonds. The number of carbonyl (C=O) groups is 2. The molecule has 4 rings (SSSR count). The maximum atomic E-state index is 12.5. The summed E-state index contributed by atoms with van der Waals surface area (Å²) in [7, 11) is 0. The summed E-state index contributed by atoms with van der Waals surface area (Å²) in [5.74, 6) is 0.306. The van der Waals surface area contributed by atoms with Gasteiger partial charge in [-0.3, -0.25) is 9.69 Å². The number of carboxylic acids is 1. The van der Waals surface area contributed by atoms with Gasteiger partial charge in [0.25, 0.3) is 5.89 Å². The Kier molecular flexibility index (Phi) is 8.08. The molecule has 1 fully saturated rings. The van der Waals surface area contributed by atoms with Gasteiger partial charge in [0, 0.05) is 13.0 Å². The lowest BCUT2D eigenvalue weighted by Gasteiger charge is -2.32. The highest BCUT2D eigenvalue weighted by atomic mass is 16.4. The topological polar surface area (TPSA) is 96.5 Å². The number of nitrogens with zero attached hydrogens (tertiary/aromatic N) is 3. The van der Waals surface area contributed by atoms with Crippen molar-refractivity contribution in [3.8, 4) is 11.5 Å². The number of likely N-dealkylation sites (tertiary alicyclic amines) is 1. The van der Waals surface area contributed by atoms with Crippen LogP contribution in [0.3, 0.4) is 0 Å². The molecule has 2 aromatic heterocycles. The molecule has 1 aliphatic heterocycles. The lowest BCUT2D eigenvalue weighted by molar-refractivity contribution is 0.0690. The van der Waals surface area contributed by atoms with E-state index in [0.717, 1.165) is 45.3 Å². The number of rotatable bonds is 10. The number of oxazole rings is 1. The SMILES string of the molecule is CC(C)c1ccc(CN2CCC(CCCC(=O)c3ncc(-c4cccc(C(=O)O)n4)o3)CC2)cc1. The van der Waals surface area contributed by atoms with Crippen molar-refractivity contribution >= 4 is 11.8 Å². The molecule has 184 valence electrons. The third kappa shape index (κ3) is 6.63. The predicted octanol–water partition coefficient (Wildman–Crippen LogP) is 5.82. The number of aromatic nitrogens is 2. The molecule has 35 heavy (non-hydrogen) atoms. The summed E-state index contributed by atoms with van der Waals surface area (Å²) in [6.07, 6.45) is 5.97. The fraction of sp³-hybridized carbons (Fsp3) is 0.429. The van der Waals surface area contributed by atoms with E-state index in [1.54, 1.807) is 12.1 Å². The molecule has 1 aromatic carbocycles. The first-order valence-electron chi connectivity index (χ1n) is 12.4. The Morgan fingerprint density at radius 3 is 2.54 bits per heavy atom. The molecule has 1 N–H and O–H groups in total. The van der Waals surface area contributed by atoms with E-state index in [1.165, 1.54) is 23.4 Å². The van der Waals surface area contributed by atoms with Crippen LogP contribution in [0.4, 0.5) is 0 Å². The Bertz CT molecular complexity index is 1150. The van der Waals surface area contributed by atoms with Gasteiger partial charge >= 0.3 is 5.97 Å². The van der Waals surface area contributed by atoms with Gasteiger partial charge in [0.1, 0.15) is 11.4 Å². The largest absolute Gasteiger partial charge is 0.477 e. The van der Waals surface area contributed by atoms with Crippen LogP contribution in [0.1, 0.15) is 84.2 Å². The second-order valence-corrected chi connectivity index (χ2v) is 9.67. The quantitative estimate of drug-likeness (QED) is 0.369. The minimum atomic E-state index is -1.12. The molecule has 0 radical (unpaired) electrons. The van der Waals surface area contributed by atoms with Crippen molar-refractivity contribution in [1.29, 1.82) is 0 Å². The van der Waals surface area contributed by atoms with Crippen molar-refractivity contribution in [3.05, 3.63) is 71.4 Å². The van der Waals surface area contributed by atoms with Crippen LogP contribution in [-0.4, -0.2) is 44.8 Å². The highest BCUT2D eigenvalue weighted by Crippen LogP contribution is 2.25. The van der Waals surface area contributed by atoms with Crippen LogP contribution in [-0.2, 0) is 6.54 Å². The number of ketones is 1. The van der Waals surface area contributed by atoms with Gasteiger partial charge in [-0.25, -0.2) is 14.8 Å². The van der Waals surface area contributed by atoms with Crippen LogP contribution in [0, 0.1) is 5.92 Å². The van der Waals surface area contributed by atoms with E-state index in [0.29, 0.717) is 29.7 Å². The molecule has 0 atom stereocenters. The van der Waals surface area contributed by atoms with Gasteiger partial charge in [0.2, 0.25) is 5.78 Å². The number of aromatic carboxylic acids is 1. The van der Waals surface area contributed by atoms with Crippen LogP contribution in [0.5, 0.6) is 0 Å². The molecular formula is C28H33N3O4. The van der Waals surface area contributed by atoms with Crippen molar-refractivity contribution in [1.82, 2.24) is 14.9 Å². The van der Waals surface area contributed by atoms with Crippen molar-refractivity contribution in [2.24, 2.45) is 5.92 Å². The Hall–Kier alpha value is -3.32. The minimum absolute atomic E-state index is 0.0563. The molecule has 0 spiro atoms. The van der Waals surface area contributed by atoms with E-state index in [1.807, 2.05) is 0 Å². The van der Waals surface area contributed by atoms with Crippen molar-refractivity contribution in [2.45, 2.75) is 58.4 Å². The normalized spacial score (nSPS) is 14.9. The number of hydrogen-bond acceptors (Lipinski definition) is 6. The molecule has 0 bridgehead atoms. The van der Waals surface area contributed by atoms with Gasteiger partial charge < -0.3 is 9.52 Å². The molecule has 0 saturated carbocycles. The fourth-order valence-corrected chi connectivity index (χ4v) is 4.57. The molecule has 1 aliphatic rings. The van der Waals surface area contributed by atoms with Crippen LogP contribution >= 0.6 is 0 Å². The predicted molar refractivity (Wildman–Crippen MR) is 133 cm³/mol. The third-order valence-corrected chi connectivity index (χ3v) is 6.74. The monoisotopic (exact) mass is 475 g/mol. The average molecular weight is 476 g/mol. The summed E-state index contributed by atoms with van der Waals surface area (Å²) in [5, 5.41) is 9.10. The van der Waals surface area contributed by atoms with E-state index < -0.39 is 5.97 Å². The molecular weight excluding hydrogens is 442 g/mol. The van der Waals surface area contributed by atoms with E-state index in [4.69, 9.17) is 9.52 Å². The first-order valence-corrected chi connectivity index (χ1v) is 12.4. The van der Waals surface area contributed by atoms with Crippen LogP contribution in [0.15, 0.2) is 53.1 Å². The molecule has 0 unspecified atom stereocenters. The van der Waals surface area contributed by atoms with Crippen molar-refractivity contribution in [3.63, 3.8) is 0 Å². The number of piperidine rings is 1. The maximum Gasteiger partial charge on any atom is 0.354 e. The number of Topliss-reactive ketones (excluding diaryl/α,β-unsaturated/α-hetero) is 1. The standard InChI is InChI=1S/C28H33N3O4/c1-19(2)22-11-9-21(10-12-22)18-31-15-13-20(14-16-31)5-3-8-25(32)27-29-17-26(35-27)23-6-4-7-24(30-23)28(33)34/h4,6-7,9-12,17,19-20H,3,5,8,13-16,18H2,1-2H3,(H,33,34). The highest BCUT2D eigenvalue weighted by Gasteiger charge is 2.21. The Balaban J connectivity index is 1.19. The first kappa shape index (κ1) is 24.8. The number of carbonyl (C=O) groups excluding carboxylic acids is 1. The summed E-state index contributed by atoms with van der Waals surface area (Å²) in [6, 6.07) is 13.6. The van der Waals surface area contributed by atoms with Crippen molar-refractivity contribution in [2.75, 3.05) is 13.1 Å². The highest BCUT2D eigenvalue weighted by molar-refractivity contribution is 5.92. The molecule has 7 heteroatoms. The zero-order valence-corrected chi connectivity index (χ0v) is 20.4. The minimum Gasteiger partial charge on any atom is -0.477 e. The summed E-state index contributed by atoms with van der Waals surface area (Å²) in [5.41, 5.74) is 3.02. The van der Waals surface area contributed by atoms with Gasteiger partial charge in [0.15, 0.2) is 5.76 Å². The fourth-order valence-electron chi connectivity index (χ4n) is 4.57. The lowest BCUT2D eigenvalue weighted by Crippen LogP contribution is -2.33. The van der Waals surface area contributed by atoms with Gasteiger partial charge in [-0.15, -0.1) is 0 Å². The van der Waals surface area contributed by atoms with Gasteiger partial charge in [0.05, 0.1) is 6.20 Å². The maximum absolute atomic E-state index is 12.5. The summed E-state index contributed by atoms with van der Waals surface area (Å²) in [4.78, 5) is 34.3. The first-order chi connectivity index (χ1) is 16.9. The van der Waals surface area contributed by atoms with Gasteiger partial charge in [-0.1, -0.05) is 44.2 Å². The van der Waals surface area contributed by atoms with E-state index >= 15 is 0 Å². The van der Waals surface area contributed by atoms with Crippen LogP contribution in [0.2, 0.25) is 0 Å². The summed E-state index contributed by atoms with van der Waals surface area (Å²) >= 11 is 0. The smallest absolute Gasteiger partial charge is 0.354 e. The zero-order valence-electron chi connectivity index (χ0n) is 20.4. The summed E-state index contributed by atoms with van der Waals surface area (Å²) < 4.78 is 5.58. The zero-order chi connectivity index (χ0) is 24.8. The molecule has 7 nitrogen and oxygen atoms in total. The number of benzene rings is 1. The average Bonchev–Trinajstić information content (AvgIpc) is 3.36. The number of pyridine rings is 1. The Morgan fingerprint density at radius 2 is 1.86 bits per heavy atom. The second-order valence-electron chi connectivity index (χ2n) is 9.67. The molecule has 0 aliphatic carbocycles. The molecule has 3 heterocycles. The van der Waals surface area contributed by atoms with E-state index in [2.05, 4.69) is 53.0 Å². The molecule has 1 saturated heterocycles. The third-order valence-electron chi connectivity index (χ3n) is 6.74. The molecule has 3 aromatic rings. The number of hydrogen-bond donors (Lipinski definition) is 1. The summed E-state index contributed by atoms with van der Waals surface area (Å²) in [6.45, 7) is 7.62. The Labute approximate surface area is 206 Å². The van der Waals surface area contributed by atoms with Crippen molar-refractivity contribution < 1.29 is 19.1 Å². The van der Waals surface area contributed by atoms with Crippen LogP contribution in [0.25, 0.3) is 11.5 Å². The van der Waals surface area contributed by atoms with Gasteiger partial charge in [-0.05, 0) is 73.9 Å². The Morgan fingerprint density at radius 1 is 1.11 bits per heavy atom. The lowest BCUT2D eigenvalue weighted by atomic mass is 9.91. The van der Waals surface area contributed by atoms with E-state index in [9.17, 15) is 9.59 Å².